The van der Waals surface area contributed by atoms with Gasteiger partial charge in [0.15, 0.2) is 11.5 Å². The average molecular weight is 330 g/mol. The Bertz CT molecular complexity index is 734. The van der Waals surface area contributed by atoms with Gasteiger partial charge in [-0.2, -0.15) is 0 Å². The summed E-state index contributed by atoms with van der Waals surface area (Å²) in [6, 6.07) is 8.77. The lowest BCUT2D eigenvalue weighted by Gasteiger charge is -2.03. The molecule has 2 heterocycles. The summed E-state index contributed by atoms with van der Waals surface area (Å²) in [7, 11) is 0. The number of urea groups is 1. The number of amides is 2. The Kier molecular flexibility index (Phi) is 4.86. The van der Waals surface area contributed by atoms with Crippen LogP contribution in [-0.2, 0) is 0 Å². The number of benzene rings is 1. The first-order valence-electron chi connectivity index (χ1n) is 6.88. The first-order valence-corrected chi connectivity index (χ1v) is 7.76. The maximum absolute atomic E-state index is 11.5. The first-order chi connectivity index (χ1) is 11.3. The van der Waals surface area contributed by atoms with Crippen molar-refractivity contribution in [2.75, 3.05) is 25.3 Å². The molecule has 1 aliphatic rings. The summed E-state index contributed by atoms with van der Waals surface area (Å²) >= 11 is 1.46. The van der Waals surface area contributed by atoms with Gasteiger partial charge in [-0.1, -0.05) is 11.8 Å². The molecule has 3 rings (SSSR count). The average Bonchev–Trinajstić information content (AvgIpc) is 3.21. The number of hydrogen-bond acceptors (Lipinski definition) is 5. The van der Waals surface area contributed by atoms with E-state index in [4.69, 9.17) is 14.2 Å². The van der Waals surface area contributed by atoms with Crippen LogP contribution >= 0.6 is 11.3 Å². The molecule has 0 saturated heterocycles. The highest BCUT2D eigenvalue weighted by Gasteiger charge is 2.13. The van der Waals surface area contributed by atoms with Crippen molar-refractivity contribution in [2.45, 2.75) is 0 Å². The Morgan fingerprint density at radius 1 is 1.26 bits per heavy atom. The van der Waals surface area contributed by atoms with Gasteiger partial charge in [0, 0.05) is 6.07 Å². The van der Waals surface area contributed by atoms with Gasteiger partial charge in [0.05, 0.1) is 11.5 Å². The van der Waals surface area contributed by atoms with Crippen molar-refractivity contribution in [3.8, 4) is 29.1 Å². The van der Waals surface area contributed by atoms with E-state index in [1.165, 1.54) is 11.3 Å². The van der Waals surface area contributed by atoms with Gasteiger partial charge in [-0.05, 0) is 29.6 Å². The highest BCUT2D eigenvalue weighted by atomic mass is 32.1. The van der Waals surface area contributed by atoms with Crippen LogP contribution in [0.15, 0.2) is 35.7 Å². The summed E-state index contributed by atoms with van der Waals surface area (Å²) in [6.45, 7) is 0.716. The summed E-state index contributed by atoms with van der Waals surface area (Å²) in [5.41, 5.74) is 0. The standard InChI is InChI=1S/C16H14N2O4S/c19-16(18-15-4-3-9-23-15)17-7-1-2-8-20-12-5-6-13-14(10-12)22-11-21-13/h3-6,9-10H,7-8,11H2,(H2,17,18,19). The van der Waals surface area contributed by atoms with Crippen LogP contribution in [0.25, 0.3) is 0 Å². The van der Waals surface area contributed by atoms with Crippen LogP contribution in [0.1, 0.15) is 0 Å². The van der Waals surface area contributed by atoms with Crippen LogP contribution < -0.4 is 24.8 Å². The Morgan fingerprint density at radius 3 is 3.04 bits per heavy atom. The van der Waals surface area contributed by atoms with Gasteiger partial charge in [0.1, 0.15) is 12.4 Å². The van der Waals surface area contributed by atoms with Gasteiger partial charge in [-0.25, -0.2) is 4.79 Å². The quantitative estimate of drug-likeness (QED) is 0.846. The number of thiophene rings is 1. The van der Waals surface area contributed by atoms with E-state index in [0.29, 0.717) is 17.2 Å². The van der Waals surface area contributed by atoms with Gasteiger partial charge in [-0.15, -0.1) is 11.3 Å². The van der Waals surface area contributed by atoms with Gasteiger partial charge >= 0.3 is 6.03 Å². The molecule has 1 aliphatic heterocycles. The van der Waals surface area contributed by atoms with Crippen molar-refractivity contribution >= 4 is 22.4 Å². The van der Waals surface area contributed by atoms with Crippen LogP contribution in [0.4, 0.5) is 9.80 Å². The number of carbonyl (C=O) groups excluding carboxylic acids is 1. The van der Waals surface area contributed by atoms with Crippen molar-refractivity contribution < 1.29 is 19.0 Å². The molecular formula is C16H14N2O4S. The minimum Gasteiger partial charge on any atom is -0.481 e. The van der Waals surface area contributed by atoms with E-state index in [1.54, 1.807) is 18.2 Å². The van der Waals surface area contributed by atoms with Gasteiger partial charge < -0.3 is 19.5 Å². The van der Waals surface area contributed by atoms with Gasteiger partial charge in [-0.3, -0.25) is 5.32 Å². The smallest absolute Gasteiger partial charge is 0.320 e. The normalized spacial score (nSPS) is 11.3. The van der Waals surface area contributed by atoms with Crippen molar-refractivity contribution in [3.05, 3.63) is 35.7 Å². The molecule has 118 valence electrons. The summed E-state index contributed by atoms with van der Waals surface area (Å²) < 4.78 is 16.0. The number of anilines is 1. The van der Waals surface area contributed by atoms with Gasteiger partial charge in [0.2, 0.25) is 6.79 Å². The van der Waals surface area contributed by atoms with Crippen molar-refractivity contribution in [3.63, 3.8) is 0 Å². The predicted molar refractivity (Wildman–Crippen MR) is 87.2 cm³/mol. The SMILES string of the molecule is O=C(NCC#CCOc1ccc2c(c1)OCO2)Nc1cccs1. The fraction of sp³-hybridized carbons (Fsp3) is 0.188. The maximum atomic E-state index is 11.5. The zero-order chi connectivity index (χ0) is 15.9. The Hall–Kier alpha value is -2.85. The Balaban J connectivity index is 1.36. The monoisotopic (exact) mass is 330 g/mol. The fourth-order valence-electron chi connectivity index (χ4n) is 1.83. The highest BCUT2D eigenvalue weighted by molar-refractivity contribution is 7.14. The largest absolute Gasteiger partial charge is 0.481 e. The number of carbonyl (C=O) groups is 1. The lowest BCUT2D eigenvalue weighted by atomic mass is 10.3. The van der Waals surface area contributed by atoms with Crippen molar-refractivity contribution in [2.24, 2.45) is 0 Å². The molecule has 2 N–H and O–H groups in total. The minimum atomic E-state index is -0.279. The number of rotatable bonds is 4. The number of ether oxygens (including phenoxy) is 3. The van der Waals surface area contributed by atoms with Crippen LogP contribution in [0.2, 0.25) is 0 Å². The molecule has 6 nitrogen and oxygen atoms in total. The second kappa shape index (κ2) is 7.42. The number of nitrogens with one attached hydrogen (secondary N) is 2. The second-order valence-corrected chi connectivity index (χ2v) is 5.39. The second-order valence-electron chi connectivity index (χ2n) is 4.44. The topological polar surface area (TPSA) is 68.8 Å². The molecule has 0 saturated carbocycles. The van der Waals surface area contributed by atoms with Crippen LogP contribution in [0.3, 0.4) is 0 Å². The Morgan fingerprint density at radius 2 is 2.17 bits per heavy atom. The lowest BCUT2D eigenvalue weighted by molar-refractivity contribution is 0.174. The first kappa shape index (κ1) is 15.1. The van der Waals surface area contributed by atoms with Crippen LogP contribution in [0.5, 0.6) is 17.2 Å². The number of hydrogen-bond donors (Lipinski definition) is 2. The molecule has 0 fully saturated rings. The van der Waals surface area contributed by atoms with E-state index in [0.717, 1.165) is 5.00 Å². The van der Waals surface area contributed by atoms with Crippen LogP contribution in [0, 0.1) is 11.8 Å². The summed E-state index contributed by atoms with van der Waals surface area (Å²) in [5.74, 6) is 7.69. The molecule has 23 heavy (non-hydrogen) atoms. The molecule has 2 amide bonds. The third kappa shape index (κ3) is 4.31. The lowest BCUT2D eigenvalue weighted by Crippen LogP contribution is -2.28. The highest BCUT2D eigenvalue weighted by Crippen LogP contribution is 2.34. The minimum absolute atomic E-state index is 0.230. The molecule has 2 aromatic rings. The van der Waals surface area contributed by atoms with E-state index in [2.05, 4.69) is 22.5 Å². The van der Waals surface area contributed by atoms with E-state index in [-0.39, 0.29) is 26.0 Å². The van der Waals surface area contributed by atoms with Crippen molar-refractivity contribution in [1.82, 2.24) is 5.32 Å². The molecule has 0 aliphatic carbocycles. The molecule has 0 atom stereocenters. The summed E-state index contributed by atoms with van der Waals surface area (Å²) in [5, 5.41) is 8.04. The zero-order valence-electron chi connectivity index (χ0n) is 12.1. The predicted octanol–water partition coefficient (Wildman–Crippen LogP) is 2.68. The fourth-order valence-corrected chi connectivity index (χ4v) is 2.44. The molecule has 1 aromatic heterocycles. The zero-order valence-corrected chi connectivity index (χ0v) is 12.9. The van der Waals surface area contributed by atoms with E-state index >= 15 is 0 Å². The maximum Gasteiger partial charge on any atom is 0.320 e. The molecule has 7 heteroatoms. The van der Waals surface area contributed by atoms with Gasteiger partial charge in [0.25, 0.3) is 0 Å². The van der Waals surface area contributed by atoms with E-state index in [1.807, 2.05) is 17.5 Å². The number of fused-ring (bicyclic) bond motifs is 1. The summed E-state index contributed by atoms with van der Waals surface area (Å²) in [4.78, 5) is 11.5. The summed E-state index contributed by atoms with van der Waals surface area (Å²) in [6.07, 6.45) is 0. The molecule has 0 spiro atoms. The molecule has 0 unspecified atom stereocenters. The Labute approximate surface area is 137 Å². The van der Waals surface area contributed by atoms with E-state index < -0.39 is 0 Å². The van der Waals surface area contributed by atoms with Crippen molar-refractivity contribution in [1.29, 1.82) is 0 Å². The van der Waals surface area contributed by atoms with Crippen LogP contribution in [-0.4, -0.2) is 26.0 Å². The third-order valence-electron chi connectivity index (χ3n) is 2.88. The van der Waals surface area contributed by atoms with E-state index in [9.17, 15) is 4.79 Å². The molecule has 0 bridgehead atoms. The molecular weight excluding hydrogens is 316 g/mol. The third-order valence-corrected chi connectivity index (χ3v) is 3.66. The molecule has 0 radical (unpaired) electrons. The molecule has 1 aromatic carbocycles.